The summed E-state index contributed by atoms with van der Waals surface area (Å²) in [5, 5.41) is 2.70. The van der Waals surface area contributed by atoms with Crippen LogP contribution in [-0.4, -0.2) is 60.2 Å². The van der Waals surface area contributed by atoms with Crippen LogP contribution < -0.4 is 14.8 Å². The van der Waals surface area contributed by atoms with Gasteiger partial charge in [0.05, 0.1) is 19.1 Å². The third kappa shape index (κ3) is 4.04. The number of hydrogen-bond donors (Lipinski definition) is 1. The lowest BCUT2D eigenvalue weighted by Gasteiger charge is -2.29. The number of carbonyl (C=O) groups excluding carboxylic acids is 3. The van der Waals surface area contributed by atoms with Crippen molar-refractivity contribution >= 4 is 29.5 Å². The number of thioether (sulfide) groups is 1. The molecule has 2 saturated heterocycles. The zero-order valence-corrected chi connectivity index (χ0v) is 17.0. The van der Waals surface area contributed by atoms with Crippen molar-refractivity contribution in [3.8, 4) is 11.5 Å². The number of nitrogens with one attached hydrogen (secondary N) is 1. The molecule has 8 nitrogen and oxygen atoms in total. The van der Waals surface area contributed by atoms with E-state index in [0.717, 1.165) is 12.0 Å². The fourth-order valence-corrected chi connectivity index (χ4v) is 4.89. The minimum atomic E-state index is -0.622. The summed E-state index contributed by atoms with van der Waals surface area (Å²) in [6, 6.07) is 4.70. The zero-order valence-electron chi connectivity index (χ0n) is 16.1. The van der Waals surface area contributed by atoms with Gasteiger partial charge < -0.3 is 24.4 Å². The van der Waals surface area contributed by atoms with Gasteiger partial charge in [-0.1, -0.05) is 6.07 Å². The van der Waals surface area contributed by atoms with Crippen molar-refractivity contribution in [3.05, 3.63) is 23.8 Å². The van der Waals surface area contributed by atoms with Crippen molar-refractivity contribution in [1.29, 1.82) is 0 Å². The van der Waals surface area contributed by atoms with Crippen LogP contribution in [0, 0.1) is 0 Å². The lowest BCUT2D eigenvalue weighted by molar-refractivity contribution is -0.156. The highest BCUT2D eigenvalue weighted by Gasteiger charge is 2.53. The maximum absolute atomic E-state index is 12.4. The summed E-state index contributed by atoms with van der Waals surface area (Å²) in [5.74, 6) is 0.681. The SMILES string of the molecule is COc1ccc(CNC(=O)COC(=O)[C@@H]2CS[C@@]3(C)CCC(=O)N23)cc1OC. The first-order valence-corrected chi connectivity index (χ1v) is 9.97. The number of rotatable bonds is 7. The molecule has 0 spiro atoms. The van der Waals surface area contributed by atoms with Crippen LogP contribution in [0.5, 0.6) is 11.5 Å². The second kappa shape index (κ2) is 8.30. The Balaban J connectivity index is 1.48. The summed E-state index contributed by atoms with van der Waals surface area (Å²) in [4.78, 5) is 37.8. The van der Waals surface area contributed by atoms with Crippen molar-refractivity contribution in [2.24, 2.45) is 0 Å². The second-order valence-electron chi connectivity index (χ2n) is 6.84. The number of fused-ring (bicyclic) bond motifs is 1. The van der Waals surface area contributed by atoms with Gasteiger partial charge in [0.15, 0.2) is 18.1 Å². The summed E-state index contributed by atoms with van der Waals surface area (Å²) in [5.41, 5.74) is 0.822. The van der Waals surface area contributed by atoms with Gasteiger partial charge in [0, 0.05) is 18.7 Å². The number of amides is 2. The Morgan fingerprint density at radius 1 is 1.29 bits per heavy atom. The molecule has 0 saturated carbocycles. The number of methoxy groups -OCH3 is 2. The standard InChI is InChI=1S/C19H24N2O6S/c1-19-7-6-17(23)21(19)13(11-28-19)18(24)27-10-16(22)20-9-12-4-5-14(25-2)15(8-12)26-3/h4-5,8,13H,6-7,9-11H2,1-3H3,(H,20,22)/t13-,19-/m0/s1. The predicted octanol–water partition coefficient (Wildman–Crippen LogP) is 1.32. The molecule has 2 amide bonds. The number of hydrogen-bond acceptors (Lipinski definition) is 7. The van der Waals surface area contributed by atoms with E-state index in [2.05, 4.69) is 5.32 Å². The highest BCUT2D eigenvalue weighted by atomic mass is 32.2. The van der Waals surface area contributed by atoms with E-state index >= 15 is 0 Å². The quantitative estimate of drug-likeness (QED) is 0.680. The first-order chi connectivity index (χ1) is 13.4. The molecular weight excluding hydrogens is 384 g/mol. The van der Waals surface area contributed by atoms with Gasteiger partial charge >= 0.3 is 5.97 Å². The Kier molecular flexibility index (Phi) is 6.02. The molecule has 2 atom stereocenters. The number of esters is 1. The van der Waals surface area contributed by atoms with E-state index in [1.165, 1.54) is 7.11 Å². The normalized spacial score (nSPS) is 23.3. The average molecular weight is 408 g/mol. The van der Waals surface area contributed by atoms with E-state index in [1.807, 2.05) is 13.0 Å². The molecule has 28 heavy (non-hydrogen) atoms. The third-order valence-corrected chi connectivity index (χ3v) is 6.51. The fourth-order valence-electron chi connectivity index (χ4n) is 3.47. The minimum absolute atomic E-state index is 0.0349. The molecule has 9 heteroatoms. The highest BCUT2D eigenvalue weighted by molar-refractivity contribution is 8.01. The van der Waals surface area contributed by atoms with Crippen molar-refractivity contribution in [2.75, 3.05) is 26.6 Å². The maximum atomic E-state index is 12.4. The summed E-state index contributed by atoms with van der Waals surface area (Å²) < 4.78 is 15.6. The third-order valence-electron chi connectivity index (χ3n) is 5.00. The number of ether oxygens (including phenoxy) is 3. The van der Waals surface area contributed by atoms with Gasteiger partial charge in [-0.2, -0.15) is 0 Å². The zero-order chi connectivity index (χ0) is 20.3. The number of nitrogens with zero attached hydrogens (tertiary/aromatic N) is 1. The van der Waals surface area contributed by atoms with Crippen LogP contribution in [0.4, 0.5) is 0 Å². The Bertz CT molecular complexity index is 786. The Morgan fingerprint density at radius 3 is 2.75 bits per heavy atom. The topological polar surface area (TPSA) is 94.2 Å². The van der Waals surface area contributed by atoms with Crippen LogP contribution in [0.25, 0.3) is 0 Å². The van der Waals surface area contributed by atoms with E-state index in [0.29, 0.717) is 23.7 Å². The molecule has 0 aromatic heterocycles. The molecule has 1 aromatic carbocycles. The molecule has 2 fully saturated rings. The van der Waals surface area contributed by atoms with Gasteiger partial charge in [0.2, 0.25) is 5.91 Å². The van der Waals surface area contributed by atoms with E-state index in [-0.39, 0.29) is 23.9 Å². The van der Waals surface area contributed by atoms with Gasteiger partial charge in [-0.3, -0.25) is 9.59 Å². The van der Waals surface area contributed by atoms with Crippen molar-refractivity contribution < 1.29 is 28.6 Å². The van der Waals surface area contributed by atoms with Crippen LogP contribution in [0.1, 0.15) is 25.3 Å². The molecule has 2 aliphatic rings. The molecule has 0 bridgehead atoms. The minimum Gasteiger partial charge on any atom is -0.493 e. The monoisotopic (exact) mass is 408 g/mol. The fraction of sp³-hybridized carbons (Fsp3) is 0.526. The molecule has 0 radical (unpaired) electrons. The molecule has 3 rings (SSSR count). The smallest absolute Gasteiger partial charge is 0.330 e. The molecular formula is C19H24N2O6S. The van der Waals surface area contributed by atoms with Crippen LogP contribution >= 0.6 is 11.8 Å². The summed E-state index contributed by atoms with van der Waals surface area (Å²) in [6.07, 6.45) is 1.17. The molecule has 2 heterocycles. The van der Waals surface area contributed by atoms with E-state index < -0.39 is 17.9 Å². The van der Waals surface area contributed by atoms with Gasteiger partial charge in [-0.15, -0.1) is 11.8 Å². The van der Waals surface area contributed by atoms with Gasteiger partial charge in [0.25, 0.3) is 5.91 Å². The van der Waals surface area contributed by atoms with Gasteiger partial charge in [-0.05, 0) is 31.0 Å². The Labute approximate surface area is 167 Å². The van der Waals surface area contributed by atoms with E-state index in [4.69, 9.17) is 14.2 Å². The van der Waals surface area contributed by atoms with Crippen molar-refractivity contribution in [2.45, 2.75) is 37.2 Å². The van der Waals surface area contributed by atoms with Crippen molar-refractivity contribution in [3.63, 3.8) is 0 Å². The van der Waals surface area contributed by atoms with Crippen LogP contribution in [0.3, 0.4) is 0 Å². The molecule has 0 unspecified atom stereocenters. The summed E-state index contributed by atoms with van der Waals surface area (Å²) in [6.45, 7) is 1.84. The van der Waals surface area contributed by atoms with Crippen LogP contribution in [0.15, 0.2) is 18.2 Å². The Morgan fingerprint density at radius 2 is 2.04 bits per heavy atom. The lowest BCUT2D eigenvalue weighted by atomic mass is 10.2. The second-order valence-corrected chi connectivity index (χ2v) is 8.34. The molecule has 1 aromatic rings. The maximum Gasteiger partial charge on any atom is 0.330 e. The van der Waals surface area contributed by atoms with E-state index in [9.17, 15) is 14.4 Å². The summed E-state index contributed by atoms with van der Waals surface area (Å²) in [7, 11) is 3.09. The predicted molar refractivity (Wildman–Crippen MR) is 103 cm³/mol. The van der Waals surface area contributed by atoms with Crippen molar-refractivity contribution in [1.82, 2.24) is 10.2 Å². The summed E-state index contributed by atoms with van der Waals surface area (Å²) >= 11 is 1.59. The number of carbonyl (C=O) groups is 3. The molecule has 0 aliphatic carbocycles. The number of benzene rings is 1. The first-order valence-electron chi connectivity index (χ1n) is 8.98. The average Bonchev–Trinajstić information content (AvgIpc) is 3.19. The largest absolute Gasteiger partial charge is 0.493 e. The van der Waals surface area contributed by atoms with Gasteiger partial charge in [0.1, 0.15) is 6.04 Å². The van der Waals surface area contributed by atoms with Crippen LogP contribution in [0.2, 0.25) is 0 Å². The van der Waals surface area contributed by atoms with Crippen LogP contribution in [-0.2, 0) is 25.7 Å². The molecule has 2 aliphatic heterocycles. The van der Waals surface area contributed by atoms with E-state index in [1.54, 1.807) is 35.9 Å². The Hall–Kier alpha value is -2.42. The highest BCUT2D eigenvalue weighted by Crippen LogP contribution is 2.47. The molecule has 1 N–H and O–H groups in total. The molecule has 152 valence electrons. The first kappa shape index (κ1) is 20.3. The lowest BCUT2D eigenvalue weighted by Crippen LogP contribution is -2.47. The van der Waals surface area contributed by atoms with Gasteiger partial charge in [-0.25, -0.2) is 4.79 Å².